The van der Waals surface area contributed by atoms with Crippen LogP contribution in [0.25, 0.3) is 11.1 Å². The third-order valence-corrected chi connectivity index (χ3v) is 8.17. The summed E-state index contributed by atoms with van der Waals surface area (Å²) in [6.45, 7) is 2.33. The van der Waals surface area contributed by atoms with Crippen molar-refractivity contribution in [2.24, 2.45) is 0 Å². The van der Waals surface area contributed by atoms with Gasteiger partial charge >= 0.3 is 5.97 Å². The van der Waals surface area contributed by atoms with E-state index in [0.717, 1.165) is 30.4 Å². The lowest BCUT2D eigenvalue weighted by Crippen LogP contribution is -2.42. The Morgan fingerprint density at radius 1 is 1.00 bits per heavy atom. The molecule has 1 heterocycles. The van der Waals surface area contributed by atoms with Crippen LogP contribution in [0.1, 0.15) is 42.1 Å². The summed E-state index contributed by atoms with van der Waals surface area (Å²) in [5, 5.41) is 8.94. The summed E-state index contributed by atoms with van der Waals surface area (Å²) in [6, 6.07) is 20.4. The van der Waals surface area contributed by atoms with Crippen LogP contribution in [0.3, 0.4) is 0 Å². The van der Waals surface area contributed by atoms with Crippen molar-refractivity contribution in [2.75, 3.05) is 13.7 Å². The van der Waals surface area contributed by atoms with Crippen LogP contribution in [0, 0.1) is 11.3 Å². The van der Waals surface area contributed by atoms with Gasteiger partial charge in [-0.15, -0.1) is 0 Å². The number of ether oxygens (including phenoxy) is 2. The van der Waals surface area contributed by atoms with Gasteiger partial charge in [-0.1, -0.05) is 30.7 Å². The predicted molar refractivity (Wildman–Crippen MR) is 132 cm³/mol. The summed E-state index contributed by atoms with van der Waals surface area (Å²) in [6.07, 6.45) is 2.58. The first-order chi connectivity index (χ1) is 16.8. The number of hydrogen-bond donors (Lipinski definition) is 0. The number of esters is 1. The number of hydrogen-bond acceptors (Lipinski definition) is 6. The Labute approximate surface area is 205 Å². The number of piperidine rings is 1. The molecule has 1 aliphatic rings. The number of carbonyl (C=O) groups excluding carboxylic acids is 1. The Morgan fingerprint density at radius 2 is 1.66 bits per heavy atom. The zero-order valence-electron chi connectivity index (χ0n) is 19.6. The minimum Gasteiger partial charge on any atom is -0.495 e. The minimum absolute atomic E-state index is 0.0423. The number of nitrogens with zero attached hydrogens (tertiary/aromatic N) is 2. The Balaban J connectivity index is 1.55. The second kappa shape index (κ2) is 10.3. The lowest BCUT2D eigenvalue weighted by molar-refractivity contribution is 0.0734. The van der Waals surface area contributed by atoms with Crippen molar-refractivity contribution < 1.29 is 22.7 Å². The fourth-order valence-corrected chi connectivity index (χ4v) is 6.06. The zero-order valence-corrected chi connectivity index (χ0v) is 20.4. The maximum absolute atomic E-state index is 13.4. The van der Waals surface area contributed by atoms with Crippen LogP contribution < -0.4 is 9.47 Å². The molecule has 0 aliphatic carbocycles. The predicted octanol–water partition coefficient (Wildman–Crippen LogP) is 5.02. The van der Waals surface area contributed by atoms with Crippen molar-refractivity contribution in [1.29, 1.82) is 5.26 Å². The van der Waals surface area contributed by atoms with Gasteiger partial charge in [0.1, 0.15) is 16.4 Å². The molecule has 8 heteroatoms. The smallest absolute Gasteiger partial charge is 0.343 e. The quantitative estimate of drug-likeness (QED) is 0.356. The summed E-state index contributed by atoms with van der Waals surface area (Å²) >= 11 is 0. The van der Waals surface area contributed by atoms with Crippen molar-refractivity contribution >= 4 is 16.0 Å². The third-order valence-electron chi connectivity index (χ3n) is 6.14. The standard InChI is InChI=1S/C27H26N2O5S/c1-19-5-3-4-16-29(19)35(31,32)26-17-23(12-15-25(26)33-2)27(30)34-24-13-10-22(11-14-24)21-8-6-20(18-28)7-9-21/h6-15,17,19H,3-5,16H2,1-2H3/t19-/m1/s1. The second-order valence-electron chi connectivity index (χ2n) is 8.43. The first kappa shape index (κ1) is 24.5. The van der Waals surface area contributed by atoms with Crippen molar-refractivity contribution in [3.63, 3.8) is 0 Å². The van der Waals surface area contributed by atoms with Gasteiger partial charge in [-0.3, -0.25) is 0 Å². The van der Waals surface area contributed by atoms with Crippen LogP contribution in [0.2, 0.25) is 0 Å². The fourth-order valence-electron chi connectivity index (χ4n) is 4.18. The van der Waals surface area contributed by atoms with E-state index in [1.807, 2.05) is 31.2 Å². The first-order valence-electron chi connectivity index (χ1n) is 11.4. The molecule has 0 N–H and O–H groups in total. The van der Waals surface area contributed by atoms with Gasteiger partial charge in [0.15, 0.2) is 0 Å². The molecule has 1 aliphatic heterocycles. The van der Waals surface area contributed by atoms with Gasteiger partial charge in [0.05, 0.1) is 24.3 Å². The van der Waals surface area contributed by atoms with Crippen LogP contribution in [-0.4, -0.2) is 38.4 Å². The maximum atomic E-state index is 13.4. The molecule has 0 unspecified atom stereocenters. The Bertz CT molecular complexity index is 1360. The summed E-state index contributed by atoms with van der Waals surface area (Å²) in [5.41, 5.74) is 2.53. The molecule has 3 aromatic rings. The van der Waals surface area contributed by atoms with E-state index in [1.54, 1.807) is 24.3 Å². The highest BCUT2D eigenvalue weighted by molar-refractivity contribution is 7.89. The first-order valence-corrected chi connectivity index (χ1v) is 12.8. The fraction of sp³-hybridized carbons (Fsp3) is 0.259. The Morgan fingerprint density at radius 3 is 2.26 bits per heavy atom. The molecule has 0 amide bonds. The van der Waals surface area contributed by atoms with Crippen molar-refractivity contribution in [3.8, 4) is 28.7 Å². The van der Waals surface area contributed by atoms with Crippen LogP contribution in [0.5, 0.6) is 11.5 Å². The number of methoxy groups -OCH3 is 1. The molecule has 1 fully saturated rings. The van der Waals surface area contributed by atoms with E-state index in [4.69, 9.17) is 14.7 Å². The average molecular weight is 491 g/mol. The van der Waals surface area contributed by atoms with Crippen LogP contribution in [0.4, 0.5) is 0 Å². The molecule has 1 atom stereocenters. The normalized spacial score (nSPS) is 16.3. The molecule has 0 aromatic heterocycles. The van der Waals surface area contributed by atoms with Crippen LogP contribution in [0.15, 0.2) is 71.6 Å². The van der Waals surface area contributed by atoms with E-state index < -0.39 is 16.0 Å². The SMILES string of the molecule is COc1ccc(C(=O)Oc2ccc(-c3ccc(C#N)cc3)cc2)cc1S(=O)(=O)N1CCCC[C@H]1C. The highest BCUT2D eigenvalue weighted by Crippen LogP contribution is 2.32. The van der Waals surface area contributed by atoms with Gasteiger partial charge in [-0.05, 0) is 73.4 Å². The topological polar surface area (TPSA) is 96.7 Å². The number of nitriles is 1. The number of sulfonamides is 1. The molecular formula is C27H26N2O5S. The van der Waals surface area contributed by atoms with Crippen LogP contribution in [-0.2, 0) is 10.0 Å². The molecule has 0 radical (unpaired) electrons. The number of rotatable bonds is 6. The van der Waals surface area contributed by atoms with E-state index in [1.165, 1.54) is 29.6 Å². The third kappa shape index (κ3) is 5.21. The molecule has 0 spiro atoms. The lowest BCUT2D eigenvalue weighted by Gasteiger charge is -2.32. The molecule has 1 saturated heterocycles. The van der Waals surface area contributed by atoms with Crippen molar-refractivity contribution in [1.82, 2.24) is 4.31 Å². The summed E-state index contributed by atoms with van der Waals surface area (Å²) in [5.74, 6) is -0.148. The monoisotopic (exact) mass is 490 g/mol. The highest BCUT2D eigenvalue weighted by Gasteiger charge is 2.33. The summed E-state index contributed by atoms with van der Waals surface area (Å²) in [4.78, 5) is 12.8. The Kier molecular flexibility index (Phi) is 7.20. The molecule has 35 heavy (non-hydrogen) atoms. The maximum Gasteiger partial charge on any atom is 0.343 e. The summed E-state index contributed by atoms with van der Waals surface area (Å²) < 4.78 is 39.1. The largest absolute Gasteiger partial charge is 0.495 e. The molecule has 180 valence electrons. The zero-order chi connectivity index (χ0) is 25.0. The highest BCUT2D eigenvalue weighted by atomic mass is 32.2. The summed E-state index contributed by atoms with van der Waals surface area (Å²) in [7, 11) is -2.44. The average Bonchev–Trinajstić information content (AvgIpc) is 2.89. The van der Waals surface area contributed by atoms with E-state index >= 15 is 0 Å². The van der Waals surface area contributed by atoms with E-state index in [9.17, 15) is 13.2 Å². The van der Waals surface area contributed by atoms with Gasteiger partial charge < -0.3 is 9.47 Å². The lowest BCUT2D eigenvalue weighted by atomic mass is 10.0. The van der Waals surface area contributed by atoms with Crippen molar-refractivity contribution in [3.05, 3.63) is 77.9 Å². The van der Waals surface area contributed by atoms with E-state index in [0.29, 0.717) is 17.9 Å². The molecule has 3 aromatic carbocycles. The van der Waals surface area contributed by atoms with Gasteiger partial charge in [0, 0.05) is 12.6 Å². The van der Waals surface area contributed by atoms with E-state index in [2.05, 4.69) is 6.07 Å². The second-order valence-corrected chi connectivity index (χ2v) is 10.3. The van der Waals surface area contributed by atoms with Gasteiger partial charge in [-0.25, -0.2) is 13.2 Å². The van der Waals surface area contributed by atoms with Gasteiger partial charge in [0.25, 0.3) is 0 Å². The van der Waals surface area contributed by atoms with Crippen LogP contribution >= 0.6 is 0 Å². The molecule has 7 nitrogen and oxygen atoms in total. The Hall–Kier alpha value is -3.67. The number of carbonyl (C=O) groups is 1. The molecule has 0 bridgehead atoms. The molecular weight excluding hydrogens is 464 g/mol. The van der Waals surface area contributed by atoms with E-state index in [-0.39, 0.29) is 22.3 Å². The minimum atomic E-state index is -3.84. The molecule has 4 rings (SSSR count). The van der Waals surface area contributed by atoms with Gasteiger partial charge in [-0.2, -0.15) is 9.57 Å². The van der Waals surface area contributed by atoms with Gasteiger partial charge in [0.2, 0.25) is 10.0 Å². The number of benzene rings is 3. The van der Waals surface area contributed by atoms with Crippen molar-refractivity contribution in [2.45, 2.75) is 37.1 Å². The molecule has 0 saturated carbocycles.